The zero-order valence-corrected chi connectivity index (χ0v) is 19.4. The first-order valence-electron chi connectivity index (χ1n) is 10.5. The lowest BCUT2D eigenvalue weighted by Gasteiger charge is -2.31. The number of hydrogen-bond acceptors (Lipinski definition) is 6. The van der Waals surface area contributed by atoms with Crippen molar-refractivity contribution in [1.29, 1.82) is 0 Å². The molecule has 1 saturated heterocycles. The minimum atomic E-state index is -3.59. The largest absolute Gasteiger partial charge is 0.497 e. The van der Waals surface area contributed by atoms with Gasteiger partial charge in [0, 0.05) is 19.0 Å². The maximum Gasteiger partial charge on any atom is 0.243 e. The van der Waals surface area contributed by atoms with E-state index in [2.05, 4.69) is 5.32 Å². The van der Waals surface area contributed by atoms with Gasteiger partial charge in [-0.25, -0.2) is 8.42 Å². The highest BCUT2D eigenvalue weighted by atomic mass is 32.2. The van der Waals surface area contributed by atoms with E-state index >= 15 is 0 Å². The van der Waals surface area contributed by atoms with E-state index in [9.17, 15) is 13.2 Å². The van der Waals surface area contributed by atoms with Crippen LogP contribution in [0.3, 0.4) is 0 Å². The molecule has 0 radical (unpaired) electrons. The van der Waals surface area contributed by atoms with Gasteiger partial charge in [0.15, 0.2) is 0 Å². The topological polar surface area (TPSA) is 94.2 Å². The van der Waals surface area contributed by atoms with E-state index in [1.54, 1.807) is 19.2 Å². The monoisotopic (exact) mass is 462 g/mol. The Morgan fingerprint density at radius 1 is 0.969 bits per heavy atom. The third kappa shape index (κ3) is 5.92. The van der Waals surface area contributed by atoms with Gasteiger partial charge in [0.1, 0.15) is 23.9 Å². The molecule has 0 aromatic heterocycles. The summed E-state index contributed by atoms with van der Waals surface area (Å²) in [5.74, 6) is 1.76. The average Bonchev–Trinajstić information content (AvgIpc) is 2.83. The third-order valence-electron chi connectivity index (χ3n) is 5.47. The van der Waals surface area contributed by atoms with Crippen molar-refractivity contribution < 1.29 is 27.4 Å². The van der Waals surface area contributed by atoms with Crippen molar-refractivity contribution in [2.45, 2.75) is 30.7 Å². The number of amides is 1. The second-order valence-corrected chi connectivity index (χ2v) is 9.69. The molecule has 0 spiro atoms. The summed E-state index contributed by atoms with van der Waals surface area (Å²) in [6.07, 6.45) is 0.959. The number of benzene rings is 2. The molecule has 32 heavy (non-hydrogen) atoms. The van der Waals surface area contributed by atoms with Crippen LogP contribution in [-0.2, 0) is 14.8 Å². The van der Waals surface area contributed by atoms with E-state index < -0.39 is 10.0 Å². The summed E-state index contributed by atoms with van der Waals surface area (Å²) in [7, 11) is -0.450. The average molecular weight is 463 g/mol. The fraction of sp³-hybridized carbons (Fsp3) is 0.435. The Morgan fingerprint density at radius 2 is 1.47 bits per heavy atom. The van der Waals surface area contributed by atoms with Crippen LogP contribution >= 0.6 is 0 Å². The fourth-order valence-electron chi connectivity index (χ4n) is 3.55. The summed E-state index contributed by atoms with van der Waals surface area (Å²) in [6.45, 7) is 2.83. The lowest BCUT2D eigenvalue weighted by molar-refractivity contribution is -0.126. The van der Waals surface area contributed by atoms with Crippen LogP contribution in [0.25, 0.3) is 0 Å². The predicted molar refractivity (Wildman–Crippen MR) is 121 cm³/mol. The number of carbonyl (C=O) groups excluding carboxylic acids is 1. The molecule has 1 N–H and O–H groups in total. The Balaban J connectivity index is 1.46. The van der Waals surface area contributed by atoms with Crippen LogP contribution in [0, 0.1) is 5.92 Å². The number of piperidine rings is 1. The maximum absolute atomic E-state index is 12.9. The van der Waals surface area contributed by atoms with Gasteiger partial charge in [-0.1, -0.05) is 0 Å². The molecule has 174 valence electrons. The molecule has 2 aromatic carbocycles. The second kappa shape index (κ2) is 10.7. The Hall–Kier alpha value is -2.78. The lowest BCUT2D eigenvalue weighted by Crippen LogP contribution is -2.45. The van der Waals surface area contributed by atoms with Crippen LogP contribution in [0.1, 0.15) is 19.8 Å². The third-order valence-corrected chi connectivity index (χ3v) is 7.38. The molecule has 1 fully saturated rings. The standard InChI is InChI=1S/C23H30N2O6S/c1-17(16-31-21-6-4-19(29-2)5-7-21)24-23(26)18-12-14-25(15-13-18)32(27,28)22-10-8-20(30-3)9-11-22/h4-11,17-18H,12-16H2,1-3H3,(H,24,26)/t17-/m0/s1. The first-order chi connectivity index (χ1) is 15.3. The van der Waals surface area contributed by atoms with Gasteiger partial charge in [0.2, 0.25) is 15.9 Å². The zero-order valence-electron chi connectivity index (χ0n) is 18.6. The van der Waals surface area contributed by atoms with Gasteiger partial charge in [-0.3, -0.25) is 4.79 Å². The van der Waals surface area contributed by atoms with Crippen LogP contribution in [0.4, 0.5) is 0 Å². The smallest absolute Gasteiger partial charge is 0.243 e. The molecule has 8 nitrogen and oxygen atoms in total. The van der Waals surface area contributed by atoms with Crippen molar-refractivity contribution in [3.63, 3.8) is 0 Å². The Kier molecular flexibility index (Phi) is 7.98. The molecule has 0 bridgehead atoms. The van der Waals surface area contributed by atoms with E-state index in [4.69, 9.17) is 14.2 Å². The number of carbonyl (C=O) groups is 1. The van der Waals surface area contributed by atoms with Gasteiger partial charge in [-0.05, 0) is 68.3 Å². The van der Waals surface area contributed by atoms with Gasteiger partial charge in [-0.2, -0.15) is 4.31 Å². The Morgan fingerprint density at radius 3 is 2.00 bits per heavy atom. The zero-order chi connectivity index (χ0) is 23.1. The molecule has 3 rings (SSSR count). The first kappa shape index (κ1) is 23.9. The predicted octanol–water partition coefficient (Wildman–Crippen LogP) is 2.69. The molecule has 0 saturated carbocycles. The highest BCUT2D eigenvalue weighted by Crippen LogP contribution is 2.25. The van der Waals surface area contributed by atoms with Crippen LogP contribution in [-0.4, -0.2) is 58.6 Å². The quantitative estimate of drug-likeness (QED) is 0.616. The van der Waals surface area contributed by atoms with Gasteiger partial charge < -0.3 is 19.5 Å². The molecule has 1 amide bonds. The van der Waals surface area contributed by atoms with Gasteiger partial charge in [0.05, 0.1) is 25.2 Å². The molecule has 9 heteroatoms. The summed E-state index contributed by atoms with van der Waals surface area (Å²) >= 11 is 0. The van der Waals surface area contributed by atoms with Crippen molar-refractivity contribution in [1.82, 2.24) is 9.62 Å². The number of nitrogens with zero attached hydrogens (tertiary/aromatic N) is 1. The molecule has 1 atom stereocenters. The Labute approximate surface area is 189 Å². The molecule has 1 aliphatic rings. The number of nitrogens with one attached hydrogen (secondary N) is 1. The minimum Gasteiger partial charge on any atom is -0.497 e. The molecule has 0 unspecified atom stereocenters. The van der Waals surface area contributed by atoms with E-state index in [0.29, 0.717) is 44.0 Å². The number of rotatable bonds is 9. The van der Waals surface area contributed by atoms with Crippen LogP contribution in [0.2, 0.25) is 0 Å². The summed E-state index contributed by atoms with van der Waals surface area (Å²) < 4.78 is 43.1. The normalized spacial score (nSPS) is 16.2. The van der Waals surface area contributed by atoms with Crippen molar-refractivity contribution in [2.75, 3.05) is 33.9 Å². The van der Waals surface area contributed by atoms with Crippen molar-refractivity contribution in [3.8, 4) is 17.2 Å². The summed E-state index contributed by atoms with van der Waals surface area (Å²) in [5.41, 5.74) is 0. The van der Waals surface area contributed by atoms with E-state index in [1.165, 1.54) is 23.5 Å². The lowest BCUT2D eigenvalue weighted by atomic mass is 9.97. The molecule has 0 aliphatic carbocycles. The summed E-state index contributed by atoms with van der Waals surface area (Å²) in [6, 6.07) is 13.4. The first-order valence-corrected chi connectivity index (χ1v) is 12.0. The van der Waals surface area contributed by atoms with Crippen molar-refractivity contribution in [2.24, 2.45) is 5.92 Å². The fourth-order valence-corrected chi connectivity index (χ4v) is 5.02. The molecule has 1 aliphatic heterocycles. The van der Waals surface area contributed by atoms with Crippen molar-refractivity contribution in [3.05, 3.63) is 48.5 Å². The van der Waals surface area contributed by atoms with Crippen molar-refractivity contribution >= 4 is 15.9 Å². The van der Waals surface area contributed by atoms with Crippen LogP contribution in [0.15, 0.2) is 53.4 Å². The number of hydrogen-bond donors (Lipinski definition) is 1. The molecular weight excluding hydrogens is 432 g/mol. The highest BCUT2D eigenvalue weighted by Gasteiger charge is 2.32. The molecular formula is C23H30N2O6S. The number of ether oxygens (including phenoxy) is 3. The molecule has 2 aromatic rings. The second-order valence-electron chi connectivity index (χ2n) is 7.75. The maximum atomic E-state index is 12.9. The SMILES string of the molecule is COc1ccc(OC[C@H](C)NC(=O)C2CCN(S(=O)(=O)c3ccc(OC)cc3)CC2)cc1. The number of sulfonamides is 1. The number of methoxy groups -OCH3 is 2. The Bertz CT molecular complexity index is 984. The van der Waals surface area contributed by atoms with Crippen LogP contribution in [0.5, 0.6) is 17.2 Å². The van der Waals surface area contributed by atoms with E-state index in [1.807, 2.05) is 31.2 Å². The summed E-state index contributed by atoms with van der Waals surface area (Å²) in [5, 5.41) is 2.97. The van der Waals surface area contributed by atoms with Gasteiger partial charge in [0.25, 0.3) is 0 Å². The minimum absolute atomic E-state index is 0.0719. The van der Waals surface area contributed by atoms with E-state index in [0.717, 1.165) is 5.75 Å². The molecule has 1 heterocycles. The van der Waals surface area contributed by atoms with E-state index in [-0.39, 0.29) is 22.8 Å². The van der Waals surface area contributed by atoms with Gasteiger partial charge in [-0.15, -0.1) is 0 Å². The highest BCUT2D eigenvalue weighted by molar-refractivity contribution is 7.89. The van der Waals surface area contributed by atoms with Crippen LogP contribution < -0.4 is 19.5 Å². The van der Waals surface area contributed by atoms with Gasteiger partial charge >= 0.3 is 0 Å². The summed E-state index contributed by atoms with van der Waals surface area (Å²) in [4.78, 5) is 12.9.